The summed E-state index contributed by atoms with van der Waals surface area (Å²) in [6, 6.07) is 5.29. The molecule has 1 aromatic heterocycles. The van der Waals surface area contributed by atoms with E-state index in [4.69, 9.17) is 0 Å². The largest absolute Gasteiger partial charge is 0.507 e. The molecule has 3 rings (SSSR count). The molecule has 1 N–H and O–H groups in total. The van der Waals surface area contributed by atoms with E-state index in [2.05, 4.69) is 15.3 Å². The van der Waals surface area contributed by atoms with Gasteiger partial charge in [0.2, 0.25) is 0 Å². The third kappa shape index (κ3) is 3.53. The van der Waals surface area contributed by atoms with Gasteiger partial charge in [-0.2, -0.15) is 0 Å². The van der Waals surface area contributed by atoms with Crippen LogP contribution in [0.5, 0.6) is 5.75 Å². The van der Waals surface area contributed by atoms with E-state index in [9.17, 15) is 9.90 Å². The average molecular weight is 345 g/mol. The second-order valence-corrected chi connectivity index (χ2v) is 6.95. The first-order valence-corrected chi connectivity index (χ1v) is 9.24. The number of thiazole rings is 1. The van der Waals surface area contributed by atoms with Gasteiger partial charge in [0.1, 0.15) is 5.75 Å². The number of hydrogen-bond donors (Lipinski definition) is 1. The smallest absolute Gasteiger partial charge is 0.257 e. The monoisotopic (exact) mass is 345 g/mol. The van der Waals surface area contributed by atoms with Gasteiger partial charge in [0.25, 0.3) is 5.91 Å². The molecular formula is C18H23N3O2S. The van der Waals surface area contributed by atoms with E-state index in [1.54, 1.807) is 17.4 Å². The van der Waals surface area contributed by atoms with Crippen LogP contribution in [0.3, 0.4) is 0 Å². The first kappa shape index (κ1) is 16.8. The van der Waals surface area contributed by atoms with E-state index in [0.29, 0.717) is 18.7 Å². The van der Waals surface area contributed by atoms with Crippen LogP contribution in [0.2, 0.25) is 0 Å². The molecule has 0 saturated carbocycles. The van der Waals surface area contributed by atoms with Crippen molar-refractivity contribution >= 4 is 22.4 Å². The molecule has 2 aromatic rings. The number of nitrogens with zero attached hydrogens (tertiary/aromatic N) is 3. The van der Waals surface area contributed by atoms with Crippen LogP contribution < -0.4 is 4.90 Å². The minimum Gasteiger partial charge on any atom is -0.507 e. The van der Waals surface area contributed by atoms with Crippen molar-refractivity contribution in [3.63, 3.8) is 0 Å². The van der Waals surface area contributed by atoms with Crippen LogP contribution in [-0.4, -0.2) is 47.1 Å². The zero-order chi connectivity index (χ0) is 17.1. The molecule has 2 heterocycles. The molecule has 1 saturated heterocycles. The van der Waals surface area contributed by atoms with Crippen molar-refractivity contribution in [3.8, 4) is 5.75 Å². The number of amides is 1. The number of aryl methyl sites for hydroxylation is 2. The van der Waals surface area contributed by atoms with E-state index >= 15 is 0 Å². The van der Waals surface area contributed by atoms with Crippen molar-refractivity contribution in [2.75, 3.05) is 31.1 Å². The molecule has 1 aliphatic rings. The van der Waals surface area contributed by atoms with E-state index in [0.717, 1.165) is 42.3 Å². The molecule has 0 radical (unpaired) electrons. The molecule has 24 heavy (non-hydrogen) atoms. The van der Waals surface area contributed by atoms with Crippen molar-refractivity contribution in [2.24, 2.45) is 0 Å². The Kier molecular flexibility index (Phi) is 5.04. The number of hydrogen-bond acceptors (Lipinski definition) is 5. The highest BCUT2D eigenvalue weighted by atomic mass is 32.1. The van der Waals surface area contributed by atoms with E-state index in [1.807, 2.05) is 30.9 Å². The normalized spacial score (nSPS) is 15.4. The quantitative estimate of drug-likeness (QED) is 0.929. The van der Waals surface area contributed by atoms with Crippen molar-refractivity contribution in [2.45, 2.75) is 26.7 Å². The number of carbonyl (C=O) groups excluding carboxylic acids is 1. The number of rotatable bonds is 3. The predicted octanol–water partition coefficient (Wildman–Crippen LogP) is 3.07. The van der Waals surface area contributed by atoms with Crippen LogP contribution in [0.1, 0.15) is 35.0 Å². The van der Waals surface area contributed by atoms with Gasteiger partial charge >= 0.3 is 0 Å². The number of aromatic hydroxyl groups is 1. The minimum absolute atomic E-state index is 0.0638. The lowest BCUT2D eigenvalue weighted by molar-refractivity contribution is 0.0764. The summed E-state index contributed by atoms with van der Waals surface area (Å²) < 4.78 is 0. The van der Waals surface area contributed by atoms with Gasteiger partial charge in [-0.3, -0.25) is 4.79 Å². The van der Waals surface area contributed by atoms with Crippen LogP contribution >= 0.6 is 11.3 Å². The van der Waals surface area contributed by atoms with Gasteiger partial charge in [-0.05, 0) is 37.5 Å². The summed E-state index contributed by atoms with van der Waals surface area (Å²) in [6.45, 7) is 7.06. The third-order valence-electron chi connectivity index (χ3n) is 4.36. The van der Waals surface area contributed by atoms with Crippen LogP contribution in [-0.2, 0) is 6.42 Å². The van der Waals surface area contributed by atoms with Crippen molar-refractivity contribution in [1.82, 2.24) is 9.88 Å². The molecule has 0 atom stereocenters. The highest BCUT2D eigenvalue weighted by Crippen LogP contribution is 2.24. The van der Waals surface area contributed by atoms with Crippen molar-refractivity contribution in [3.05, 3.63) is 40.4 Å². The van der Waals surface area contributed by atoms with E-state index in [1.165, 1.54) is 0 Å². The van der Waals surface area contributed by atoms with Crippen LogP contribution in [0, 0.1) is 6.92 Å². The molecule has 6 heteroatoms. The standard InChI is InChI=1S/C18H23N3O2S/c1-3-14-5-6-16(22)15(11-14)17(23)20-7-4-8-21(10-9-20)18-19-13(2)12-24-18/h5-6,11-12,22H,3-4,7-10H2,1-2H3. The Hall–Kier alpha value is -2.08. The van der Waals surface area contributed by atoms with E-state index < -0.39 is 0 Å². The molecule has 1 aliphatic heterocycles. The highest BCUT2D eigenvalue weighted by Gasteiger charge is 2.23. The summed E-state index contributed by atoms with van der Waals surface area (Å²) in [4.78, 5) is 21.5. The maximum atomic E-state index is 12.8. The summed E-state index contributed by atoms with van der Waals surface area (Å²) in [5, 5.41) is 13.1. The summed E-state index contributed by atoms with van der Waals surface area (Å²) in [5.74, 6) is -0.0196. The maximum Gasteiger partial charge on any atom is 0.257 e. The lowest BCUT2D eigenvalue weighted by atomic mass is 10.1. The summed E-state index contributed by atoms with van der Waals surface area (Å²) in [6.07, 6.45) is 1.75. The summed E-state index contributed by atoms with van der Waals surface area (Å²) in [5.41, 5.74) is 2.51. The van der Waals surface area contributed by atoms with Gasteiger partial charge < -0.3 is 14.9 Å². The molecule has 0 unspecified atom stereocenters. The van der Waals surface area contributed by atoms with Gasteiger partial charge in [0.05, 0.1) is 11.3 Å². The molecule has 128 valence electrons. The average Bonchev–Trinajstić information content (AvgIpc) is 2.87. The van der Waals surface area contributed by atoms with Gasteiger partial charge in [0, 0.05) is 31.6 Å². The molecule has 1 aromatic carbocycles. The number of aromatic nitrogens is 1. The maximum absolute atomic E-state index is 12.8. The Labute approximate surface area is 146 Å². The fourth-order valence-electron chi connectivity index (χ4n) is 2.94. The Morgan fingerprint density at radius 3 is 2.83 bits per heavy atom. The fraction of sp³-hybridized carbons (Fsp3) is 0.444. The number of phenolic OH excluding ortho intramolecular Hbond substituents is 1. The second kappa shape index (κ2) is 7.21. The van der Waals surface area contributed by atoms with Gasteiger partial charge in [-0.15, -0.1) is 11.3 Å². The Morgan fingerprint density at radius 1 is 1.29 bits per heavy atom. The first-order chi connectivity index (χ1) is 11.6. The van der Waals surface area contributed by atoms with Crippen molar-refractivity contribution in [1.29, 1.82) is 0 Å². The zero-order valence-corrected chi connectivity index (χ0v) is 15.0. The number of benzene rings is 1. The Bertz CT molecular complexity index is 729. The zero-order valence-electron chi connectivity index (χ0n) is 14.2. The van der Waals surface area contributed by atoms with Crippen molar-refractivity contribution < 1.29 is 9.90 Å². The van der Waals surface area contributed by atoms with Gasteiger partial charge in [0.15, 0.2) is 5.13 Å². The Balaban J connectivity index is 1.73. The fourth-order valence-corrected chi connectivity index (χ4v) is 3.80. The first-order valence-electron chi connectivity index (χ1n) is 8.36. The molecule has 0 bridgehead atoms. The minimum atomic E-state index is -0.0834. The molecule has 1 amide bonds. The molecular weight excluding hydrogens is 322 g/mol. The molecule has 5 nitrogen and oxygen atoms in total. The van der Waals surface area contributed by atoms with Crippen LogP contribution in [0.15, 0.2) is 23.6 Å². The van der Waals surface area contributed by atoms with Crippen LogP contribution in [0.4, 0.5) is 5.13 Å². The molecule has 0 spiro atoms. The number of carbonyl (C=O) groups is 1. The lowest BCUT2D eigenvalue weighted by Crippen LogP contribution is -2.35. The third-order valence-corrected chi connectivity index (χ3v) is 5.38. The number of anilines is 1. The Morgan fingerprint density at radius 2 is 2.12 bits per heavy atom. The predicted molar refractivity (Wildman–Crippen MR) is 97.1 cm³/mol. The van der Waals surface area contributed by atoms with Crippen LogP contribution in [0.25, 0.3) is 0 Å². The van der Waals surface area contributed by atoms with E-state index in [-0.39, 0.29) is 11.7 Å². The summed E-state index contributed by atoms with van der Waals surface area (Å²) >= 11 is 1.65. The topological polar surface area (TPSA) is 56.7 Å². The highest BCUT2D eigenvalue weighted by molar-refractivity contribution is 7.13. The SMILES string of the molecule is CCc1ccc(O)c(C(=O)N2CCCN(c3nc(C)cs3)CC2)c1. The van der Waals surface area contributed by atoms with Gasteiger partial charge in [-0.25, -0.2) is 4.98 Å². The number of phenols is 1. The van der Waals surface area contributed by atoms with Gasteiger partial charge in [-0.1, -0.05) is 13.0 Å². The molecule has 1 fully saturated rings. The molecule has 0 aliphatic carbocycles. The second-order valence-electron chi connectivity index (χ2n) is 6.11. The lowest BCUT2D eigenvalue weighted by Gasteiger charge is -2.22. The summed E-state index contributed by atoms with van der Waals surface area (Å²) in [7, 11) is 0.